The predicted molar refractivity (Wildman–Crippen MR) is 76.8 cm³/mol. The van der Waals surface area contributed by atoms with Crippen molar-refractivity contribution in [1.29, 1.82) is 0 Å². The van der Waals surface area contributed by atoms with Crippen molar-refractivity contribution in [2.45, 2.75) is 26.4 Å². The van der Waals surface area contributed by atoms with Gasteiger partial charge in [0.2, 0.25) is 0 Å². The zero-order valence-electron chi connectivity index (χ0n) is 11.8. The zero-order chi connectivity index (χ0) is 13.7. The van der Waals surface area contributed by atoms with Crippen molar-refractivity contribution < 1.29 is 0 Å². The predicted octanol–water partition coefficient (Wildman–Crippen LogP) is 1.38. The third-order valence-corrected chi connectivity index (χ3v) is 3.45. The summed E-state index contributed by atoms with van der Waals surface area (Å²) in [5.41, 5.74) is 2.07. The number of hydrogen-bond acceptors (Lipinski definition) is 4. The van der Waals surface area contributed by atoms with Gasteiger partial charge in [-0.15, -0.1) is 5.10 Å². The number of nitrogens with zero attached hydrogens (tertiary/aromatic N) is 4. The van der Waals surface area contributed by atoms with Gasteiger partial charge in [-0.1, -0.05) is 23.9 Å². The van der Waals surface area contributed by atoms with Crippen LogP contribution in [-0.2, 0) is 6.54 Å². The minimum atomic E-state index is 0.325. The molecule has 1 fully saturated rings. The number of nitrogens with one attached hydrogen (secondary N) is 1. The first-order valence-electron chi connectivity index (χ1n) is 6.86. The second kappa shape index (κ2) is 6.63. The Labute approximate surface area is 115 Å². The van der Waals surface area contributed by atoms with E-state index in [4.69, 9.17) is 0 Å². The molecule has 0 aliphatic carbocycles. The number of rotatable bonds is 5. The molecule has 1 aromatic rings. The van der Waals surface area contributed by atoms with Gasteiger partial charge in [-0.2, -0.15) is 0 Å². The van der Waals surface area contributed by atoms with Gasteiger partial charge in [0, 0.05) is 26.2 Å². The van der Waals surface area contributed by atoms with Crippen LogP contribution in [-0.4, -0.2) is 46.1 Å². The van der Waals surface area contributed by atoms with Crippen LogP contribution >= 0.6 is 0 Å². The fourth-order valence-corrected chi connectivity index (χ4v) is 2.34. The molecule has 0 amide bonds. The summed E-state index contributed by atoms with van der Waals surface area (Å²) in [7, 11) is 0. The fraction of sp³-hybridized carbons (Fsp3) is 0.571. The van der Waals surface area contributed by atoms with Crippen LogP contribution in [0.1, 0.15) is 25.6 Å². The first kappa shape index (κ1) is 14.0. The van der Waals surface area contributed by atoms with E-state index in [-0.39, 0.29) is 0 Å². The van der Waals surface area contributed by atoms with Crippen molar-refractivity contribution in [2.75, 3.05) is 26.2 Å². The molecule has 0 spiro atoms. The first-order chi connectivity index (χ1) is 9.20. The van der Waals surface area contributed by atoms with Gasteiger partial charge in [-0.3, -0.25) is 4.90 Å². The van der Waals surface area contributed by atoms with E-state index in [1.807, 2.05) is 30.0 Å². The molecule has 0 aromatic carbocycles. The van der Waals surface area contributed by atoms with E-state index < -0.39 is 0 Å². The van der Waals surface area contributed by atoms with Crippen molar-refractivity contribution in [3.63, 3.8) is 0 Å². The van der Waals surface area contributed by atoms with Crippen LogP contribution in [0, 0.1) is 0 Å². The lowest BCUT2D eigenvalue weighted by molar-refractivity contribution is 0.182. The van der Waals surface area contributed by atoms with E-state index in [2.05, 4.69) is 34.0 Å². The fourth-order valence-electron chi connectivity index (χ4n) is 2.34. The van der Waals surface area contributed by atoms with Crippen LogP contribution < -0.4 is 5.32 Å². The quantitative estimate of drug-likeness (QED) is 0.813. The summed E-state index contributed by atoms with van der Waals surface area (Å²) in [5.74, 6) is 0. The number of allylic oxidation sites excluding steroid dienone is 3. The minimum Gasteiger partial charge on any atom is -0.314 e. The molecule has 1 saturated heterocycles. The number of aromatic nitrogens is 3. The maximum atomic E-state index is 4.29. The summed E-state index contributed by atoms with van der Waals surface area (Å²) in [4.78, 5) is 2.44. The molecular weight excluding hydrogens is 238 g/mol. The average Bonchev–Trinajstić information content (AvgIpc) is 2.87. The van der Waals surface area contributed by atoms with Gasteiger partial charge in [0.05, 0.1) is 24.5 Å². The van der Waals surface area contributed by atoms with Crippen LogP contribution in [0.5, 0.6) is 0 Å². The Morgan fingerprint density at radius 3 is 2.95 bits per heavy atom. The van der Waals surface area contributed by atoms with Gasteiger partial charge in [0.1, 0.15) is 0 Å². The topological polar surface area (TPSA) is 46.0 Å². The molecule has 0 saturated carbocycles. The van der Waals surface area contributed by atoms with Gasteiger partial charge in [0.25, 0.3) is 0 Å². The highest BCUT2D eigenvalue weighted by molar-refractivity contribution is 5.13. The minimum absolute atomic E-state index is 0.325. The summed E-state index contributed by atoms with van der Waals surface area (Å²) < 4.78 is 1.86. The van der Waals surface area contributed by atoms with E-state index in [1.54, 1.807) is 0 Å². The SMILES string of the molecule is C=C(/C=C\C)Cn1cc(C(C)N2CCNCC2)nn1. The lowest BCUT2D eigenvalue weighted by Crippen LogP contribution is -2.44. The zero-order valence-corrected chi connectivity index (χ0v) is 11.8. The number of hydrogen-bond donors (Lipinski definition) is 1. The Morgan fingerprint density at radius 1 is 1.53 bits per heavy atom. The highest BCUT2D eigenvalue weighted by Gasteiger charge is 2.20. The Hall–Kier alpha value is -1.46. The second-order valence-corrected chi connectivity index (χ2v) is 4.96. The molecule has 2 rings (SSSR count). The van der Waals surface area contributed by atoms with Gasteiger partial charge in [0.15, 0.2) is 0 Å². The van der Waals surface area contributed by atoms with Crippen molar-refractivity contribution in [3.05, 3.63) is 36.2 Å². The van der Waals surface area contributed by atoms with E-state index in [0.717, 1.165) is 37.4 Å². The third-order valence-electron chi connectivity index (χ3n) is 3.45. The van der Waals surface area contributed by atoms with Crippen LogP contribution in [0.2, 0.25) is 0 Å². The van der Waals surface area contributed by atoms with Crippen LogP contribution in [0.4, 0.5) is 0 Å². The van der Waals surface area contributed by atoms with Crippen molar-refractivity contribution in [3.8, 4) is 0 Å². The van der Waals surface area contributed by atoms with E-state index in [0.29, 0.717) is 12.6 Å². The van der Waals surface area contributed by atoms with E-state index in [1.165, 1.54) is 0 Å². The molecule has 1 N–H and O–H groups in total. The van der Waals surface area contributed by atoms with Gasteiger partial charge in [-0.05, 0) is 19.4 Å². The van der Waals surface area contributed by atoms with Gasteiger partial charge >= 0.3 is 0 Å². The van der Waals surface area contributed by atoms with Crippen molar-refractivity contribution in [1.82, 2.24) is 25.2 Å². The summed E-state index contributed by atoms with van der Waals surface area (Å²) >= 11 is 0. The molecule has 5 heteroatoms. The molecule has 2 heterocycles. The van der Waals surface area contributed by atoms with Crippen LogP contribution in [0.25, 0.3) is 0 Å². The molecule has 1 aromatic heterocycles. The maximum absolute atomic E-state index is 4.29. The molecule has 1 unspecified atom stereocenters. The smallest absolute Gasteiger partial charge is 0.0995 e. The monoisotopic (exact) mass is 261 g/mol. The number of piperazine rings is 1. The molecule has 1 atom stereocenters. The second-order valence-electron chi connectivity index (χ2n) is 4.96. The average molecular weight is 261 g/mol. The molecule has 0 bridgehead atoms. The Bertz CT molecular complexity index is 442. The molecular formula is C14H23N5. The van der Waals surface area contributed by atoms with Crippen LogP contribution in [0.3, 0.4) is 0 Å². The van der Waals surface area contributed by atoms with E-state index in [9.17, 15) is 0 Å². The van der Waals surface area contributed by atoms with Crippen molar-refractivity contribution >= 4 is 0 Å². The van der Waals surface area contributed by atoms with Gasteiger partial charge in [-0.25, -0.2) is 4.68 Å². The highest BCUT2D eigenvalue weighted by Crippen LogP contribution is 2.17. The largest absolute Gasteiger partial charge is 0.314 e. The van der Waals surface area contributed by atoms with Crippen molar-refractivity contribution in [2.24, 2.45) is 0 Å². The van der Waals surface area contributed by atoms with E-state index >= 15 is 0 Å². The molecule has 19 heavy (non-hydrogen) atoms. The Balaban J connectivity index is 1.97. The summed E-state index contributed by atoms with van der Waals surface area (Å²) in [6.07, 6.45) is 6.02. The molecule has 5 nitrogen and oxygen atoms in total. The van der Waals surface area contributed by atoms with Crippen LogP contribution in [0.15, 0.2) is 30.5 Å². The molecule has 104 valence electrons. The summed E-state index contributed by atoms with van der Waals surface area (Å²) in [5, 5.41) is 11.8. The van der Waals surface area contributed by atoms with Gasteiger partial charge < -0.3 is 5.32 Å². The summed E-state index contributed by atoms with van der Waals surface area (Å²) in [6.45, 7) is 13.1. The lowest BCUT2D eigenvalue weighted by atomic mass is 10.2. The standard InChI is InChI=1S/C14H23N5/c1-4-5-12(2)10-19-11-14(16-17-19)13(3)18-8-6-15-7-9-18/h4-5,11,13,15H,2,6-10H2,1,3H3/b5-4-. The normalized spacial score (nSPS) is 18.8. The summed E-state index contributed by atoms with van der Waals surface area (Å²) in [6, 6.07) is 0.325. The Kier molecular flexibility index (Phi) is 4.87. The molecule has 0 radical (unpaired) electrons. The lowest BCUT2D eigenvalue weighted by Gasteiger charge is -2.31. The highest BCUT2D eigenvalue weighted by atomic mass is 15.4. The molecule has 1 aliphatic rings. The molecule has 1 aliphatic heterocycles. The Morgan fingerprint density at radius 2 is 2.26 bits per heavy atom. The maximum Gasteiger partial charge on any atom is 0.0995 e. The third kappa shape index (κ3) is 3.75. The first-order valence-corrected chi connectivity index (χ1v) is 6.86.